The summed E-state index contributed by atoms with van der Waals surface area (Å²) >= 11 is 0.634. The van der Waals surface area contributed by atoms with E-state index in [0.717, 1.165) is 0 Å². The highest BCUT2D eigenvalue weighted by Crippen LogP contribution is 2.28. The van der Waals surface area contributed by atoms with Crippen molar-refractivity contribution in [1.29, 1.82) is 0 Å². The zero-order valence-electron chi connectivity index (χ0n) is 11.0. The van der Waals surface area contributed by atoms with Crippen LogP contribution in [0.3, 0.4) is 0 Å². The van der Waals surface area contributed by atoms with Crippen LogP contribution in [0.25, 0.3) is 0 Å². The highest BCUT2D eigenvalue weighted by atomic mass is 32.2. The van der Waals surface area contributed by atoms with Crippen molar-refractivity contribution in [3.63, 3.8) is 0 Å². The first-order valence-corrected chi connectivity index (χ1v) is 8.45. The quantitative estimate of drug-likeness (QED) is 0.221. The molecule has 0 aliphatic carbocycles. The number of carboxylic acids is 1. The number of hydrogen-bond acceptors (Lipinski definition) is 9. The molecule has 0 aromatic heterocycles. The van der Waals surface area contributed by atoms with E-state index in [0.29, 0.717) is 11.8 Å². The first-order chi connectivity index (χ1) is 10.1. The Morgan fingerprint density at radius 3 is 2.27 bits per heavy atom. The average molecular weight is 363 g/mol. The summed E-state index contributed by atoms with van der Waals surface area (Å²) in [5, 5.41) is 46.7. The van der Waals surface area contributed by atoms with E-state index in [1.165, 1.54) is 4.72 Å². The largest absolute Gasteiger partial charge is 0.480 e. The van der Waals surface area contributed by atoms with Gasteiger partial charge in [-0.2, -0.15) is 13.1 Å². The van der Waals surface area contributed by atoms with Crippen molar-refractivity contribution in [2.75, 3.05) is 12.4 Å². The zero-order chi connectivity index (χ0) is 17.1. The number of carbonyl (C=O) groups is 1. The van der Waals surface area contributed by atoms with Crippen LogP contribution in [0.4, 0.5) is 0 Å². The van der Waals surface area contributed by atoms with E-state index in [-0.39, 0.29) is 0 Å². The topological polar surface area (TPSA) is 194 Å². The van der Waals surface area contributed by atoms with E-state index >= 15 is 0 Å². The number of aliphatic hydroxyl groups is 4. The minimum atomic E-state index is -4.75. The van der Waals surface area contributed by atoms with Crippen LogP contribution < -0.4 is 4.72 Å². The van der Waals surface area contributed by atoms with Crippen molar-refractivity contribution in [3.8, 4) is 0 Å². The number of nitrogens with one attached hydrogen (secondary N) is 1. The van der Waals surface area contributed by atoms with Gasteiger partial charge in [0.2, 0.25) is 0 Å². The fourth-order valence-electron chi connectivity index (χ4n) is 1.73. The van der Waals surface area contributed by atoms with E-state index < -0.39 is 64.5 Å². The summed E-state index contributed by atoms with van der Waals surface area (Å²) in [5.74, 6) is -2.02. The first kappa shape index (κ1) is 19.5. The van der Waals surface area contributed by atoms with Crippen LogP contribution in [0.1, 0.15) is 0 Å². The van der Waals surface area contributed by atoms with Crippen molar-refractivity contribution in [3.05, 3.63) is 0 Å². The highest BCUT2D eigenvalue weighted by molar-refractivity contribution is 7.99. The second kappa shape index (κ2) is 7.85. The zero-order valence-corrected chi connectivity index (χ0v) is 12.6. The second-order valence-electron chi connectivity index (χ2n) is 4.51. The van der Waals surface area contributed by atoms with Gasteiger partial charge in [0.1, 0.15) is 35.9 Å². The van der Waals surface area contributed by atoms with Crippen molar-refractivity contribution in [1.82, 2.24) is 4.72 Å². The lowest BCUT2D eigenvalue weighted by molar-refractivity contribution is -0.205. The highest BCUT2D eigenvalue weighted by Gasteiger charge is 2.44. The summed E-state index contributed by atoms with van der Waals surface area (Å²) in [4.78, 5) is 10.9. The molecule has 0 spiro atoms. The monoisotopic (exact) mass is 363 g/mol. The molecule has 1 aliphatic heterocycles. The van der Waals surface area contributed by atoms with Gasteiger partial charge in [0, 0.05) is 5.75 Å². The van der Waals surface area contributed by atoms with Gasteiger partial charge >= 0.3 is 16.3 Å². The summed E-state index contributed by atoms with van der Waals surface area (Å²) in [6.07, 6.45) is -5.92. The maximum atomic E-state index is 10.9. The molecule has 13 heteroatoms. The fourth-order valence-corrected chi connectivity index (χ4v) is 3.57. The molecule has 0 radical (unpaired) electrons. The number of ether oxygens (including phenoxy) is 1. The van der Waals surface area contributed by atoms with Crippen molar-refractivity contribution < 1.29 is 48.0 Å². The van der Waals surface area contributed by atoms with Crippen LogP contribution in [-0.2, 0) is 19.8 Å². The van der Waals surface area contributed by atoms with Gasteiger partial charge < -0.3 is 30.3 Å². The predicted molar refractivity (Wildman–Crippen MR) is 72.3 cm³/mol. The van der Waals surface area contributed by atoms with Gasteiger partial charge in [0.25, 0.3) is 0 Å². The first-order valence-electron chi connectivity index (χ1n) is 5.96. The van der Waals surface area contributed by atoms with Crippen LogP contribution in [0, 0.1) is 0 Å². The van der Waals surface area contributed by atoms with Crippen LogP contribution >= 0.6 is 11.8 Å². The molecule has 1 aliphatic rings. The molecule has 0 saturated carbocycles. The molecule has 11 nitrogen and oxygen atoms in total. The molecule has 0 aromatic carbocycles. The molecule has 1 saturated heterocycles. The lowest BCUT2D eigenvalue weighted by Gasteiger charge is -2.39. The average Bonchev–Trinajstić information content (AvgIpc) is 2.41. The second-order valence-corrected chi connectivity index (χ2v) is 6.83. The summed E-state index contributed by atoms with van der Waals surface area (Å²) in [6, 6.07) is -1.70. The predicted octanol–water partition coefficient (Wildman–Crippen LogP) is -3.63. The van der Waals surface area contributed by atoms with Gasteiger partial charge in [-0.1, -0.05) is 0 Å². The normalized spacial score (nSPS) is 34.3. The van der Waals surface area contributed by atoms with Crippen LogP contribution in [0.2, 0.25) is 0 Å². The fraction of sp³-hybridized carbons (Fsp3) is 0.889. The summed E-state index contributed by atoms with van der Waals surface area (Å²) in [7, 11) is -4.75. The lowest BCUT2D eigenvalue weighted by Crippen LogP contribution is -2.57. The number of hydrogen-bond donors (Lipinski definition) is 7. The van der Waals surface area contributed by atoms with Crippen LogP contribution in [0.5, 0.6) is 0 Å². The molecule has 0 aromatic rings. The molecule has 0 amide bonds. The summed E-state index contributed by atoms with van der Waals surface area (Å²) in [5.41, 5.74) is -1.21. The standard InChI is InChI=1S/C9H17NO10S2/c11-1-4-5(12)6(13)7(14)9(20-4)21-2-3(8(15)16)10-22(17,18)19/h3-7,9-14H,1-2H2,(H,15,16)(H,17,18,19)/t3?,4-,5-,6+,7-,9+/m1/s1. The third-order valence-corrected chi connectivity index (χ3v) is 4.69. The molecule has 130 valence electrons. The summed E-state index contributed by atoms with van der Waals surface area (Å²) < 4.78 is 36.4. The number of rotatable bonds is 7. The van der Waals surface area contributed by atoms with Gasteiger partial charge in [0.15, 0.2) is 0 Å². The molecule has 1 unspecified atom stereocenters. The molecule has 0 bridgehead atoms. The van der Waals surface area contributed by atoms with Crippen molar-refractivity contribution in [2.45, 2.75) is 35.9 Å². The molecule has 1 rings (SSSR count). The molecule has 22 heavy (non-hydrogen) atoms. The van der Waals surface area contributed by atoms with Gasteiger partial charge in [0.05, 0.1) is 6.61 Å². The van der Waals surface area contributed by atoms with E-state index in [1.54, 1.807) is 0 Å². The Kier molecular flexibility index (Phi) is 6.97. The minimum Gasteiger partial charge on any atom is -0.480 e. The molecule has 1 heterocycles. The number of aliphatic hydroxyl groups excluding tert-OH is 4. The Bertz CT molecular complexity index is 483. The van der Waals surface area contributed by atoms with Crippen LogP contribution in [-0.4, -0.2) is 92.7 Å². The van der Waals surface area contributed by atoms with Gasteiger partial charge in [-0.05, 0) is 0 Å². The molecular formula is C9H17NO10S2. The Balaban J connectivity index is 2.69. The number of carboxylic acid groups (broad SMARTS) is 1. The Morgan fingerprint density at radius 2 is 1.82 bits per heavy atom. The minimum absolute atomic E-state index is 0.447. The SMILES string of the molecule is O=C(O)C(CS[C@@H]1O[C@H](CO)[C@@H](O)[C@H](O)[C@H]1O)NS(=O)(=O)O. The third-order valence-electron chi connectivity index (χ3n) is 2.86. The molecule has 1 fully saturated rings. The van der Waals surface area contributed by atoms with Crippen LogP contribution in [0.15, 0.2) is 0 Å². The number of aliphatic carboxylic acids is 1. The maximum absolute atomic E-state index is 10.9. The van der Waals surface area contributed by atoms with Gasteiger partial charge in [-0.25, -0.2) is 0 Å². The Labute approximate surface area is 129 Å². The van der Waals surface area contributed by atoms with Crippen molar-refractivity contribution >= 4 is 28.0 Å². The molecule has 7 N–H and O–H groups in total. The Hall–Kier alpha value is -0.510. The maximum Gasteiger partial charge on any atom is 0.334 e. The lowest BCUT2D eigenvalue weighted by atomic mass is 10.0. The van der Waals surface area contributed by atoms with E-state index in [9.17, 15) is 28.5 Å². The molecule has 6 atom stereocenters. The number of thioether (sulfide) groups is 1. The van der Waals surface area contributed by atoms with Gasteiger partial charge in [-0.15, -0.1) is 11.8 Å². The molecular weight excluding hydrogens is 346 g/mol. The van der Waals surface area contributed by atoms with E-state index in [4.69, 9.17) is 19.5 Å². The smallest absolute Gasteiger partial charge is 0.334 e. The third kappa shape index (κ3) is 5.29. The van der Waals surface area contributed by atoms with E-state index in [2.05, 4.69) is 0 Å². The Morgan fingerprint density at radius 1 is 1.23 bits per heavy atom. The van der Waals surface area contributed by atoms with Crippen molar-refractivity contribution in [2.24, 2.45) is 0 Å². The van der Waals surface area contributed by atoms with Gasteiger partial charge in [-0.3, -0.25) is 9.35 Å². The van der Waals surface area contributed by atoms with E-state index in [1.807, 2.05) is 0 Å². The summed E-state index contributed by atoms with van der Waals surface area (Å²) in [6.45, 7) is -0.645.